The molecule has 0 radical (unpaired) electrons. The third-order valence-electron chi connectivity index (χ3n) is 4.12. The van der Waals surface area contributed by atoms with Gasteiger partial charge in [0.1, 0.15) is 6.33 Å². The third-order valence-corrected chi connectivity index (χ3v) is 5.42. The predicted molar refractivity (Wildman–Crippen MR) is 103 cm³/mol. The summed E-state index contributed by atoms with van der Waals surface area (Å²) in [6.07, 6.45) is 2.60. The number of benzene rings is 2. The second kappa shape index (κ2) is 7.60. The largest absolute Gasteiger partial charge is 0.489 e. The summed E-state index contributed by atoms with van der Waals surface area (Å²) in [7, 11) is 0. The second-order valence-electron chi connectivity index (χ2n) is 6.01. The normalized spacial score (nSPS) is 13.5. The maximum atomic E-state index is 6.38. The lowest BCUT2D eigenvalue weighted by Gasteiger charge is -2.12. The molecule has 1 aromatic heterocycles. The van der Waals surface area contributed by atoms with E-state index in [1.807, 2.05) is 28.8 Å². The molecule has 1 aliphatic rings. The fraction of sp³-hybridized carbons (Fsp3) is 0.263. The van der Waals surface area contributed by atoms with Crippen LogP contribution in [0.25, 0.3) is 5.69 Å². The van der Waals surface area contributed by atoms with Gasteiger partial charge in [-0.15, -0.1) is 10.2 Å². The molecule has 0 amide bonds. The van der Waals surface area contributed by atoms with Crippen LogP contribution in [-0.2, 0) is 5.75 Å². The van der Waals surface area contributed by atoms with Gasteiger partial charge in [-0.1, -0.05) is 41.6 Å². The highest BCUT2D eigenvalue weighted by molar-refractivity contribution is 7.98. The van der Waals surface area contributed by atoms with Crippen molar-refractivity contribution < 1.29 is 9.47 Å². The molecule has 4 rings (SSSR count). The molecule has 7 heteroatoms. The van der Waals surface area contributed by atoms with E-state index in [1.54, 1.807) is 18.1 Å². The highest BCUT2D eigenvalue weighted by Gasteiger charge is 2.16. The number of thioether (sulfide) groups is 1. The molecule has 0 spiro atoms. The van der Waals surface area contributed by atoms with E-state index in [1.165, 1.54) is 5.56 Å². The molecule has 0 N–H and O–H groups in total. The minimum absolute atomic E-state index is 0.584. The number of para-hydroxylation sites is 1. The lowest BCUT2D eigenvalue weighted by Crippen LogP contribution is -1.98. The number of hydrogen-bond acceptors (Lipinski definition) is 5. The Kier molecular flexibility index (Phi) is 5.04. The van der Waals surface area contributed by atoms with Gasteiger partial charge in [0.05, 0.1) is 23.9 Å². The number of rotatable bonds is 4. The van der Waals surface area contributed by atoms with Gasteiger partial charge in [-0.05, 0) is 36.2 Å². The van der Waals surface area contributed by atoms with E-state index in [4.69, 9.17) is 21.1 Å². The van der Waals surface area contributed by atoms with E-state index >= 15 is 0 Å². The summed E-state index contributed by atoms with van der Waals surface area (Å²) in [5, 5.41) is 9.75. The quantitative estimate of drug-likeness (QED) is 0.608. The van der Waals surface area contributed by atoms with E-state index < -0.39 is 0 Å². The Morgan fingerprint density at radius 1 is 1.19 bits per heavy atom. The Balaban J connectivity index is 1.56. The van der Waals surface area contributed by atoms with Gasteiger partial charge in [0.2, 0.25) is 0 Å². The van der Waals surface area contributed by atoms with Gasteiger partial charge in [-0.25, -0.2) is 0 Å². The molecule has 0 atom stereocenters. The number of aryl methyl sites for hydroxylation is 1. The highest BCUT2D eigenvalue weighted by Crippen LogP contribution is 2.39. The number of fused-ring (bicyclic) bond motifs is 1. The van der Waals surface area contributed by atoms with Crippen LogP contribution in [0.3, 0.4) is 0 Å². The molecular weight excluding hydrogens is 370 g/mol. The lowest BCUT2D eigenvalue weighted by atomic mass is 10.2. The van der Waals surface area contributed by atoms with Crippen molar-refractivity contribution in [3.63, 3.8) is 0 Å². The zero-order chi connectivity index (χ0) is 17.9. The van der Waals surface area contributed by atoms with Crippen molar-refractivity contribution >= 4 is 23.4 Å². The van der Waals surface area contributed by atoms with E-state index in [0.29, 0.717) is 35.5 Å². The Morgan fingerprint density at radius 2 is 2.04 bits per heavy atom. The van der Waals surface area contributed by atoms with Gasteiger partial charge in [-0.2, -0.15) is 0 Å². The Labute approximate surface area is 161 Å². The van der Waals surface area contributed by atoms with E-state index in [-0.39, 0.29) is 0 Å². The number of halogens is 1. The van der Waals surface area contributed by atoms with E-state index in [0.717, 1.165) is 22.8 Å². The predicted octanol–water partition coefficient (Wildman–Crippen LogP) is 4.68. The molecule has 5 nitrogen and oxygen atoms in total. The van der Waals surface area contributed by atoms with Crippen LogP contribution in [0.15, 0.2) is 47.9 Å². The fourth-order valence-corrected chi connectivity index (χ4v) is 3.98. The van der Waals surface area contributed by atoms with Crippen molar-refractivity contribution in [2.45, 2.75) is 24.3 Å². The minimum atomic E-state index is 0.584. The molecule has 0 aliphatic carbocycles. The summed E-state index contributed by atoms with van der Waals surface area (Å²) >= 11 is 7.99. The number of ether oxygens (including phenoxy) is 2. The van der Waals surface area contributed by atoms with Crippen LogP contribution in [0, 0.1) is 6.92 Å². The molecule has 0 unspecified atom stereocenters. The van der Waals surface area contributed by atoms with Crippen LogP contribution < -0.4 is 9.47 Å². The van der Waals surface area contributed by atoms with Crippen LogP contribution in [0.1, 0.15) is 17.5 Å². The molecule has 0 fully saturated rings. The minimum Gasteiger partial charge on any atom is -0.489 e. The van der Waals surface area contributed by atoms with Gasteiger partial charge in [-0.3, -0.25) is 4.57 Å². The van der Waals surface area contributed by atoms with Gasteiger partial charge >= 0.3 is 0 Å². The molecule has 0 saturated heterocycles. The van der Waals surface area contributed by atoms with Crippen LogP contribution >= 0.6 is 23.4 Å². The van der Waals surface area contributed by atoms with Crippen molar-refractivity contribution in [3.8, 4) is 17.2 Å². The number of hydrogen-bond donors (Lipinski definition) is 0. The highest BCUT2D eigenvalue weighted by atomic mass is 35.5. The number of nitrogens with zero attached hydrogens (tertiary/aromatic N) is 3. The van der Waals surface area contributed by atoms with E-state index in [2.05, 4.69) is 29.3 Å². The molecular formula is C19H18ClN3O2S. The van der Waals surface area contributed by atoms with Crippen LogP contribution in [0.2, 0.25) is 5.02 Å². The van der Waals surface area contributed by atoms with Crippen LogP contribution in [0.4, 0.5) is 0 Å². The van der Waals surface area contributed by atoms with Crippen LogP contribution in [0.5, 0.6) is 11.5 Å². The second-order valence-corrected chi connectivity index (χ2v) is 7.36. The molecule has 134 valence electrons. The Morgan fingerprint density at radius 3 is 2.92 bits per heavy atom. The molecule has 0 bridgehead atoms. The third kappa shape index (κ3) is 3.52. The van der Waals surface area contributed by atoms with Gasteiger partial charge < -0.3 is 9.47 Å². The molecule has 2 aromatic carbocycles. The smallest absolute Gasteiger partial charge is 0.195 e. The van der Waals surface area contributed by atoms with Crippen molar-refractivity contribution in [3.05, 3.63) is 58.9 Å². The topological polar surface area (TPSA) is 49.2 Å². The first kappa shape index (κ1) is 17.2. The zero-order valence-electron chi connectivity index (χ0n) is 14.3. The first-order valence-corrected chi connectivity index (χ1v) is 9.75. The summed E-state index contributed by atoms with van der Waals surface area (Å²) in [4.78, 5) is 0. The van der Waals surface area contributed by atoms with Crippen molar-refractivity contribution in [1.29, 1.82) is 0 Å². The summed E-state index contributed by atoms with van der Waals surface area (Å²) < 4.78 is 13.5. The molecule has 2 heterocycles. The molecule has 3 aromatic rings. The van der Waals surface area contributed by atoms with Crippen molar-refractivity contribution in [1.82, 2.24) is 14.8 Å². The SMILES string of the molecule is Cc1ccccc1-n1cnnc1SCc1cc(Cl)c2c(c1)OCCCO2. The molecule has 0 saturated carbocycles. The monoisotopic (exact) mass is 387 g/mol. The maximum absolute atomic E-state index is 6.38. The van der Waals surface area contributed by atoms with Crippen molar-refractivity contribution in [2.75, 3.05) is 13.2 Å². The Bertz CT molecular complexity index is 929. The molecule has 1 aliphatic heterocycles. The first-order chi connectivity index (χ1) is 12.7. The van der Waals surface area contributed by atoms with Gasteiger partial charge in [0.15, 0.2) is 16.7 Å². The lowest BCUT2D eigenvalue weighted by molar-refractivity contribution is 0.297. The summed E-state index contributed by atoms with van der Waals surface area (Å²) in [5.74, 6) is 2.06. The average Bonchev–Trinajstić information content (AvgIpc) is 2.96. The summed E-state index contributed by atoms with van der Waals surface area (Å²) in [6.45, 7) is 3.34. The van der Waals surface area contributed by atoms with Crippen molar-refractivity contribution in [2.24, 2.45) is 0 Å². The number of aromatic nitrogens is 3. The standard InChI is InChI=1S/C19H18ClN3O2S/c1-13-5-2-3-6-16(13)23-12-21-22-19(23)26-11-14-9-15(20)18-17(10-14)24-7-4-8-25-18/h2-3,5-6,9-10,12H,4,7-8,11H2,1H3. The summed E-state index contributed by atoms with van der Waals surface area (Å²) in [5.41, 5.74) is 3.31. The van der Waals surface area contributed by atoms with Gasteiger partial charge in [0.25, 0.3) is 0 Å². The maximum Gasteiger partial charge on any atom is 0.195 e. The van der Waals surface area contributed by atoms with Crippen LogP contribution in [-0.4, -0.2) is 28.0 Å². The summed E-state index contributed by atoms with van der Waals surface area (Å²) in [6, 6.07) is 12.1. The fourth-order valence-electron chi connectivity index (χ4n) is 2.84. The first-order valence-electron chi connectivity index (χ1n) is 8.39. The molecule has 26 heavy (non-hydrogen) atoms. The van der Waals surface area contributed by atoms with E-state index in [9.17, 15) is 0 Å². The van der Waals surface area contributed by atoms with Gasteiger partial charge in [0, 0.05) is 12.2 Å². The Hall–Kier alpha value is -2.18. The average molecular weight is 388 g/mol. The zero-order valence-corrected chi connectivity index (χ0v) is 15.9.